The van der Waals surface area contributed by atoms with Crippen LogP contribution in [0, 0.1) is 11.8 Å². The molecule has 20 heavy (non-hydrogen) atoms. The van der Waals surface area contributed by atoms with Gasteiger partial charge in [-0.1, -0.05) is 51.0 Å². The summed E-state index contributed by atoms with van der Waals surface area (Å²) in [5.41, 5.74) is 6.18. The van der Waals surface area contributed by atoms with Crippen LogP contribution in [0.2, 0.25) is 0 Å². The molecule has 2 fully saturated rings. The first kappa shape index (κ1) is 13.9. The topological polar surface area (TPSA) is 59.1 Å². The van der Waals surface area contributed by atoms with E-state index in [2.05, 4.69) is 4.98 Å². The lowest BCUT2D eigenvalue weighted by atomic mass is 9.63. The number of nitrogens with two attached hydrogens (primary N) is 1. The van der Waals surface area contributed by atoms with Crippen molar-refractivity contribution < 1.29 is 5.11 Å². The van der Waals surface area contributed by atoms with E-state index in [4.69, 9.17) is 5.73 Å². The third-order valence-electron chi connectivity index (χ3n) is 5.46. The van der Waals surface area contributed by atoms with Crippen molar-refractivity contribution in [2.24, 2.45) is 11.8 Å². The molecule has 2 atom stereocenters. The van der Waals surface area contributed by atoms with E-state index >= 15 is 0 Å². The standard InChI is InChI=1S/C17H26N2O/c18-16-15(10-6-12-19-16)17(20)11-5-4-9-14(17)13-7-2-1-3-8-13/h6,10,12-14,20H,1-5,7-9,11H2,(H2,18,19). The Kier molecular flexibility index (Phi) is 3.97. The molecule has 3 N–H and O–H groups in total. The highest BCUT2D eigenvalue weighted by Crippen LogP contribution is 2.49. The fraction of sp³-hybridized carbons (Fsp3) is 0.706. The van der Waals surface area contributed by atoms with Crippen LogP contribution in [0.15, 0.2) is 18.3 Å². The SMILES string of the molecule is Nc1ncccc1C1(O)CCCCC1C1CCCCC1. The number of aliphatic hydroxyl groups is 1. The average molecular weight is 274 g/mol. The average Bonchev–Trinajstić information content (AvgIpc) is 2.49. The molecule has 1 heterocycles. The molecular weight excluding hydrogens is 248 g/mol. The zero-order chi connectivity index (χ0) is 14.0. The van der Waals surface area contributed by atoms with Crippen LogP contribution in [-0.2, 0) is 5.60 Å². The summed E-state index contributed by atoms with van der Waals surface area (Å²) in [5, 5.41) is 11.4. The second kappa shape index (κ2) is 5.72. The van der Waals surface area contributed by atoms with Crippen molar-refractivity contribution in [3.8, 4) is 0 Å². The second-order valence-corrected chi connectivity index (χ2v) is 6.61. The van der Waals surface area contributed by atoms with Crippen LogP contribution in [0.25, 0.3) is 0 Å². The molecule has 0 bridgehead atoms. The molecule has 2 aliphatic rings. The first-order valence-electron chi connectivity index (χ1n) is 8.15. The van der Waals surface area contributed by atoms with Crippen LogP contribution >= 0.6 is 0 Å². The summed E-state index contributed by atoms with van der Waals surface area (Å²) in [4.78, 5) is 4.20. The molecule has 2 unspecified atom stereocenters. The molecule has 1 aromatic heterocycles. The van der Waals surface area contributed by atoms with E-state index in [0.717, 1.165) is 24.8 Å². The van der Waals surface area contributed by atoms with Crippen LogP contribution < -0.4 is 5.73 Å². The molecule has 3 nitrogen and oxygen atoms in total. The van der Waals surface area contributed by atoms with Crippen LogP contribution in [0.3, 0.4) is 0 Å². The Balaban J connectivity index is 1.92. The van der Waals surface area contributed by atoms with Gasteiger partial charge in [0.15, 0.2) is 0 Å². The number of anilines is 1. The number of rotatable bonds is 2. The summed E-state index contributed by atoms with van der Waals surface area (Å²) in [5.74, 6) is 1.54. The molecule has 0 amide bonds. The van der Waals surface area contributed by atoms with Gasteiger partial charge in [-0.3, -0.25) is 0 Å². The molecule has 0 spiro atoms. The minimum Gasteiger partial charge on any atom is -0.385 e. The quantitative estimate of drug-likeness (QED) is 0.866. The molecule has 3 rings (SSSR count). The van der Waals surface area contributed by atoms with Gasteiger partial charge in [0.2, 0.25) is 0 Å². The monoisotopic (exact) mass is 274 g/mol. The molecule has 0 aromatic carbocycles. The molecule has 0 radical (unpaired) electrons. The molecule has 3 heteroatoms. The summed E-state index contributed by atoms with van der Waals surface area (Å²) in [6.07, 6.45) is 12.5. The van der Waals surface area contributed by atoms with Crippen molar-refractivity contribution in [2.45, 2.75) is 63.4 Å². The van der Waals surface area contributed by atoms with E-state index < -0.39 is 5.60 Å². The summed E-state index contributed by atoms with van der Waals surface area (Å²) in [6.45, 7) is 0. The number of nitrogens with zero attached hydrogens (tertiary/aromatic N) is 1. The molecule has 0 saturated heterocycles. The Morgan fingerprint density at radius 2 is 1.85 bits per heavy atom. The Labute approximate surface area is 121 Å². The lowest BCUT2D eigenvalue weighted by molar-refractivity contribution is -0.0831. The van der Waals surface area contributed by atoms with Gasteiger partial charge in [-0.15, -0.1) is 0 Å². The normalized spacial score (nSPS) is 32.1. The van der Waals surface area contributed by atoms with Crippen LogP contribution in [0.1, 0.15) is 63.4 Å². The Bertz CT molecular complexity index is 456. The van der Waals surface area contributed by atoms with Crippen molar-refractivity contribution in [3.63, 3.8) is 0 Å². The summed E-state index contributed by atoms with van der Waals surface area (Å²) in [7, 11) is 0. The number of pyridine rings is 1. The van der Waals surface area contributed by atoms with Crippen LogP contribution in [0.5, 0.6) is 0 Å². The van der Waals surface area contributed by atoms with Crippen molar-refractivity contribution in [1.29, 1.82) is 0 Å². The third-order valence-corrected chi connectivity index (χ3v) is 5.46. The van der Waals surface area contributed by atoms with E-state index in [0.29, 0.717) is 17.7 Å². The highest BCUT2D eigenvalue weighted by atomic mass is 16.3. The maximum Gasteiger partial charge on any atom is 0.129 e. The first-order valence-corrected chi connectivity index (χ1v) is 8.15. The van der Waals surface area contributed by atoms with Gasteiger partial charge >= 0.3 is 0 Å². The van der Waals surface area contributed by atoms with Gasteiger partial charge in [0.25, 0.3) is 0 Å². The number of aromatic nitrogens is 1. The Morgan fingerprint density at radius 3 is 2.60 bits per heavy atom. The van der Waals surface area contributed by atoms with Gasteiger partial charge in [0, 0.05) is 11.8 Å². The maximum atomic E-state index is 11.4. The van der Waals surface area contributed by atoms with Crippen LogP contribution in [-0.4, -0.2) is 10.1 Å². The summed E-state index contributed by atoms with van der Waals surface area (Å²) < 4.78 is 0. The fourth-order valence-electron chi connectivity index (χ4n) is 4.46. The predicted octanol–water partition coefficient (Wildman–Crippen LogP) is 3.62. The molecular formula is C17H26N2O. The van der Waals surface area contributed by atoms with Crippen molar-refractivity contribution >= 4 is 5.82 Å². The third kappa shape index (κ3) is 2.44. The summed E-state index contributed by atoms with van der Waals surface area (Å²) >= 11 is 0. The number of nitrogen functional groups attached to an aromatic ring is 1. The lowest BCUT2D eigenvalue weighted by Gasteiger charge is -2.45. The molecule has 2 aliphatic carbocycles. The van der Waals surface area contributed by atoms with E-state index in [1.54, 1.807) is 6.20 Å². The zero-order valence-electron chi connectivity index (χ0n) is 12.2. The number of hydrogen-bond acceptors (Lipinski definition) is 3. The van der Waals surface area contributed by atoms with E-state index in [1.807, 2.05) is 12.1 Å². The summed E-state index contributed by atoms with van der Waals surface area (Å²) in [6, 6.07) is 3.87. The van der Waals surface area contributed by atoms with E-state index in [1.165, 1.54) is 38.5 Å². The highest BCUT2D eigenvalue weighted by molar-refractivity contribution is 5.43. The maximum absolute atomic E-state index is 11.4. The van der Waals surface area contributed by atoms with E-state index in [-0.39, 0.29) is 0 Å². The van der Waals surface area contributed by atoms with Gasteiger partial charge in [-0.2, -0.15) is 0 Å². The van der Waals surface area contributed by atoms with Gasteiger partial charge in [0.1, 0.15) is 5.82 Å². The zero-order valence-corrected chi connectivity index (χ0v) is 12.2. The van der Waals surface area contributed by atoms with Gasteiger partial charge < -0.3 is 10.8 Å². The van der Waals surface area contributed by atoms with Crippen molar-refractivity contribution in [2.75, 3.05) is 5.73 Å². The number of hydrogen-bond donors (Lipinski definition) is 2. The minimum atomic E-state index is -0.751. The van der Waals surface area contributed by atoms with Gasteiger partial charge in [-0.25, -0.2) is 4.98 Å². The Morgan fingerprint density at radius 1 is 1.10 bits per heavy atom. The Hall–Kier alpha value is -1.09. The first-order chi connectivity index (χ1) is 9.72. The predicted molar refractivity (Wildman–Crippen MR) is 81.1 cm³/mol. The minimum absolute atomic E-state index is 0.364. The van der Waals surface area contributed by atoms with E-state index in [9.17, 15) is 5.11 Å². The highest BCUT2D eigenvalue weighted by Gasteiger charge is 2.45. The van der Waals surface area contributed by atoms with Crippen molar-refractivity contribution in [3.05, 3.63) is 23.9 Å². The van der Waals surface area contributed by atoms with Gasteiger partial charge in [-0.05, 0) is 30.7 Å². The molecule has 110 valence electrons. The second-order valence-electron chi connectivity index (χ2n) is 6.61. The fourth-order valence-corrected chi connectivity index (χ4v) is 4.46. The van der Waals surface area contributed by atoms with Gasteiger partial charge in [0.05, 0.1) is 5.60 Å². The lowest BCUT2D eigenvalue weighted by Crippen LogP contribution is -2.43. The smallest absolute Gasteiger partial charge is 0.129 e. The molecule has 1 aromatic rings. The van der Waals surface area contributed by atoms with Crippen LogP contribution in [0.4, 0.5) is 5.82 Å². The molecule has 2 saturated carbocycles. The van der Waals surface area contributed by atoms with Crippen molar-refractivity contribution in [1.82, 2.24) is 4.98 Å². The molecule has 0 aliphatic heterocycles. The largest absolute Gasteiger partial charge is 0.385 e.